The topological polar surface area (TPSA) is 237 Å². The summed E-state index contributed by atoms with van der Waals surface area (Å²) in [6.07, 6.45) is 54.1. The van der Waals surface area contributed by atoms with Crippen LogP contribution in [0, 0.1) is 23.7 Å². The molecule has 98 heavy (non-hydrogen) atoms. The number of phosphoric ester groups is 2. The van der Waals surface area contributed by atoms with Gasteiger partial charge in [0.2, 0.25) is 0 Å². The van der Waals surface area contributed by atoms with Gasteiger partial charge in [0.15, 0.2) is 12.2 Å². The molecule has 582 valence electrons. The molecule has 0 saturated heterocycles. The number of hydrogen-bond acceptors (Lipinski definition) is 15. The molecular weight excluding hydrogens is 1280 g/mol. The van der Waals surface area contributed by atoms with Crippen LogP contribution in [-0.2, 0) is 65.4 Å². The van der Waals surface area contributed by atoms with Crippen molar-refractivity contribution >= 4 is 39.5 Å². The number of carbonyl (C=O) groups excluding carboxylic acids is 4. The third-order valence-electron chi connectivity index (χ3n) is 18.3. The number of hydrogen-bond donors (Lipinski definition) is 3. The largest absolute Gasteiger partial charge is 0.472 e. The van der Waals surface area contributed by atoms with E-state index in [2.05, 4.69) is 55.4 Å². The van der Waals surface area contributed by atoms with E-state index in [0.717, 1.165) is 114 Å². The quantitative estimate of drug-likeness (QED) is 0.0222. The van der Waals surface area contributed by atoms with Crippen LogP contribution in [0.4, 0.5) is 0 Å². The number of phosphoric acid groups is 2. The molecule has 0 aromatic carbocycles. The van der Waals surface area contributed by atoms with Gasteiger partial charge in [0, 0.05) is 25.7 Å². The minimum Gasteiger partial charge on any atom is -0.462 e. The van der Waals surface area contributed by atoms with Crippen molar-refractivity contribution in [2.75, 3.05) is 39.6 Å². The summed E-state index contributed by atoms with van der Waals surface area (Å²) < 4.78 is 68.6. The fourth-order valence-electron chi connectivity index (χ4n) is 12.1. The van der Waals surface area contributed by atoms with E-state index >= 15 is 0 Å². The summed E-state index contributed by atoms with van der Waals surface area (Å²) in [7, 11) is -9.92. The van der Waals surface area contributed by atoms with Crippen molar-refractivity contribution in [3.63, 3.8) is 0 Å². The molecule has 0 aromatic heterocycles. The van der Waals surface area contributed by atoms with Gasteiger partial charge in [0.25, 0.3) is 0 Å². The fraction of sp³-hybridized carbons (Fsp3) is 0.949. The highest BCUT2D eigenvalue weighted by atomic mass is 31.2. The van der Waals surface area contributed by atoms with E-state index in [9.17, 15) is 43.2 Å². The summed E-state index contributed by atoms with van der Waals surface area (Å²) in [6, 6.07) is 0. The molecule has 0 amide bonds. The smallest absolute Gasteiger partial charge is 0.462 e. The Morgan fingerprint density at radius 3 is 0.633 bits per heavy atom. The van der Waals surface area contributed by atoms with Gasteiger partial charge in [-0.15, -0.1) is 0 Å². The Kier molecular flexibility index (Phi) is 66.8. The summed E-state index contributed by atoms with van der Waals surface area (Å²) in [5, 5.41) is 10.6. The molecule has 3 N–H and O–H groups in total. The second-order valence-corrected chi connectivity index (χ2v) is 33.3. The highest BCUT2D eigenvalue weighted by Crippen LogP contribution is 2.45. The Hall–Kier alpha value is -1.94. The van der Waals surface area contributed by atoms with E-state index in [-0.39, 0.29) is 25.7 Å². The Morgan fingerprint density at radius 2 is 0.429 bits per heavy atom. The molecule has 0 rings (SSSR count). The SMILES string of the molecule is CC(C)CCCCCCCCCCCCCCCCCC(=O)OC[C@H](COP(=O)(O)OCC(O)COP(=O)(O)OC[C@@H](COC(=O)CCCCCCCCCCC(C)C)OC(=O)CCCCCCCCCCCCC(C)C)OC(=O)CCCCCCCCCCCCCCCC(C)C. The maximum absolute atomic E-state index is 13.1. The lowest BCUT2D eigenvalue weighted by atomic mass is 10.0. The fourth-order valence-corrected chi connectivity index (χ4v) is 13.7. The molecule has 0 spiro atoms. The minimum absolute atomic E-state index is 0.105. The number of ether oxygens (including phenoxy) is 4. The maximum atomic E-state index is 13.1. The summed E-state index contributed by atoms with van der Waals surface area (Å²) in [5.74, 6) is 0.955. The molecule has 0 aromatic rings. The van der Waals surface area contributed by atoms with Crippen molar-refractivity contribution in [3.05, 3.63) is 0 Å². The normalized spacial score (nSPS) is 14.1. The Morgan fingerprint density at radius 1 is 0.255 bits per heavy atom. The van der Waals surface area contributed by atoms with Crippen molar-refractivity contribution in [1.82, 2.24) is 0 Å². The van der Waals surface area contributed by atoms with Gasteiger partial charge < -0.3 is 33.8 Å². The second kappa shape index (κ2) is 68.2. The van der Waals surface area contributed by atoms with Crippen LogP contribution < -0.4 is 0 Å². The molecule has 0 bridgehead atoms. The molecule has 3 unspecified atom stereocenters. The zero-order valence-electron chi connectivity index (χ0n) is 64.4. The van der Waals surface area contributed by atoms with E-state index < -0.39 is 97.5 Å². The number of aliphatic hydroxyl groups is 1. The molecule has 0 aliphatic carbocycles. The van der Waals surface area contributed by atoms with Crippen LogP contribution in [0.1, 0.15) is 402 Å². The van der Waals surface area contributed by atoms with Crippen LogP contribution in [0.3, 0.4) is 0 Å². The van der Waals surface area contributed by atoms with E-state index in [4.69, 9.17) is 37.0 Å². The van der Waals surface area contributed by atoms with Crippen molar-refractivity contribution < 1.29 is 80.2 Å². The van der Waals surface area contributed by atoms with E-state index in [1.165, 1.54) is 205 Å². The first-order valence-electron chi connectivity index (χ1n) is 40.7. The van der Waals surface area contributed by atoms with Crippen LogP contribution in [0.5, 0.6) is 0 Å². The van der Waals surface area contributed by atoms with Crippen molar-refractivity contribution in [3.8, 4) is 0 Å². The average Bonchev–Trinajstić information content (AvgIpc) is 1.000. The van der Waals surface area contributed by atoms with E-state index in [0.29, 0.717) is 25.7 Å². The highest BCUT2D eigenvalue weighted by Gasteiger charge is 2.30. The Bertz CT molecular complexity index is 1920. The van der Waals surface area contributed by atoms with Crippen molar-refractivity contribution in [2.45, 2.75) is 420 Å². The summed E-state index contributed by atoms with van der Waals surface area (Å²) >= 11 is 0. The number of rotatable bonds is 76. The van der Waals surface area contributed by atoms with Crippen LogP contribution in [0.2, 0.25) is 0 Å². The third-order valence-corrected chi connectivity index (χ3v) is 20.2. The maximum Gasteiger partial charge on any atom is 0.472 e. The molecule has 0 aliphatic heterocycles. The molecule has 5 atom stereocenters. The zero-order valence-corrected chi connectivity index (χ0v) is 66.2. The summed E-state index contributed by atoms with van der Waals surface area (Å²) in [6.45, 7) is 14.2. The molecule has 17 nitrogen and oxygen atoms in total. The van der Waals surface area contributed by atoms with Gasteiger partial charge in [-0.1, -0.05) is 351 Å². The molecule has 0 saturated carbocycles. The van der Waals surface area contributed by atoms with Gasteiger partial charge in [-0.3, -0.25) is 37.3 Å². The lowest BCUT2D eigenvalue weighted by molar-refractivity contribution is -0.161. The van der Waals surface area contributed by atoms with Gasteiger partial charge in [0.1, 0.15) is 19.3 Å². The van der Waals surface area contributed by atoms with E-state index in [1.807, 2.05) is 0 Å². The zero-order chi connectivity index (χ0) is 72.4. The predicted molar refractivity (Wildman–Crippen MR) is 400 cm³/mol. The van der Waals surface area contributed by atoms with Gasteiger partial charge in [-0.25, -0.2) is 9.13 Å². The standard InChI is InChI=1S/C79H154O17P2/c1-69(2)55-47-39-31-23-17-13-10-9-11-15-19-26-35-43-51-59-76(81)89-65-74(95-78(83)61-53-45-37-27-20-16-12-14-18-24-32-40-48-56-70(3)4)67-93-97(85,86)91-63-73(80)64-92-98(87,88)94-68-75(66-90-77(82)60-52-44-36-30-29-34-42-50-58-72(7)8)96-79(84)62-54-46-38-28-22-21-25-33-41-49-57-71(5)6/h69-75,80H,9-68H2,1-8H3,(H,85,86)(H,87,88)/t73?,74-,75-/m1/s1. The lowest BCUT2D eigenvalue weighted by Crippen LogP contribution is -2.30. The van der Waals surface area contributed by atoms with Crippen LogP contribution >= 0.6 is 15.6 Å². The van der Waals surface area contributed by atoms with Crippen molar-refractivity contribution in [2.24, 2.45) is 23.7 Å². The van der Waals surface area contributed by atoms with Crippen molar-refractivity contribution in [1.29, 1.82) is 0 Å². The number of aliphatic hydroxyl groups excluding tert-OH is 1. The molecule has 19 heteroatoms. The van der Waals surface area contributed by atoms with Crippen LogP contribution in [0.15, 0.2) is 0 Å². The van der Waals surface area contributed by atoms with Gasteiger partial charge in [0.05, 0.1) is 26.4 Å². The first-order valence-corrected chi connectivity index (χ1v) is 43.7. The van der Waals surface area contributed by atoms with Gasteiger partial charge in [-0.05, 0) is 49.4 Å². The number of esters is 4. The second-order valence-electron chi connectivity index (χ2n) is 30.4. The molecule has 0 heterocycles. The van der Waals surface area contributed by atoms with Crippen LogP contribution in [-0.4, -0.2) is 96.7 Å². The van der Waals surface area contributed by atoms with Gasteiger partial charge in [-0.2, -0.15) is 0 Å². The summed E-state index contributed by atoms with van der Waals surface area (Å²) in [5.41, 5.74) is 0. The summed E-state index contributed by atoms with van der Waals surface area (Å²) in [4.78, 5) is 73.0. The predicted octanol–water partition coefficient (Wildman–Crippen LogP) is 23.2. The highest BCUT2D eigenvalue weighted by molar-refractivity contribution is 7.47. The lowest BCUT2D eigenvalue weighted by Gasteiger charge is -2.21. The Labute approximate surface area is 600 Å². The molecule has 0 aliphatic rings. The molecule has 0 fully saturated rings. The minimum atomic E-state index is -4.96. The Balaban J connectivity index is 5.25. The van der Waals surface area contributed by atoms with Crippen LogP contribution in [0.25, 0.3) is 0 Å². The first-order chi connectivity index (χ1) is 47.1. The third kappa shape index (κ3) is 72.4. The number of unbranched alkanes of at least 4 members (excludes halogenated alkanes) is 42. The van der Waals surface area contributed by atoms with E-state index in [1.54, 1.807) is 0 Å². The van der Waals surface area contributed by atoms with Gasteiger partial charge >= 0.3 is 39.5 Å². The number of carbonyl (C=O) groups is 4. The molecular formula is C79H154O17P2. The molecule has 0 radical (unpaired) electrons. The first kappa shape index (κ1) is 96.1. The monoisotopic (exact) mass is 1440 g/mol. The average molecular weight is 1440 g/mol.